The molecule has 5 nitrogen and oxygen atoms in total. The maximum atomic E-state index is 12.1. The molecule has 0 radical (unpaired) electrons. The molecule has 2 aromatic rings. The Morgan fingerprint density at radius 1 is 1.24 bits per heavy atom. The van der Waals surface area contributed by atoms with E-state index in [0.29, 0.717) is 23.2 Å². The van der Waals surface area contributed by atoms with Crippen LogP contribution in [0, 0.1) is 0 Å². The van der Waals surface area contributed by atoms with E-state index < -0.39 is 0 Å². The number of nitrogens with zero attached hydrogens (tertiary/aromatic N) is 2. The average Bonchev–Trinajstić information content (AvgIpc) is 2.46. The number of nitrogens with one attached hydrogen (secondary N) is 2. The van der Waals surface area contributed by atoms with Crippen LogP contribution < -0.4 is 10.6 Å². The van der Waals surface area contributed by atoms with Gasteiger partial charge in [0.05, 0.1) is 0 Å². The third kappa shape index (κ3) is 4.72. The molecule has 1 amide bonds. The van der Waals surface area contributed by atoms with Gasteiger partial charge >= 0.3 is 0 Å². The van der Waals surface area contributed by atoms with Crippen LogP contribution in [0.5, 0.6) is 0 Å². The monoisotopic (exact) mass is 304 g/mol. The van der Waals surface area contributed by atoms with Crippen LogP contribution in [0.15, 0.2) is 36.5 Å². The Kier molecular flexibility index (Phi) is 5.11. The molecule has 0 aliphatic heterocycles. The smallest absolute Gasteiger partial charge is 0.270 e. The summed E-state index contributed by atoms with van der Waals surface area (Å²) in [6.45, 7) is 4.39. The fourth-order valence-electron chi connectivity index (χ4n) is 1.69. The van der Waals surface area contributed by atoms with Crippen LogP contribution in [-0.2, 0) is 6.54 Å². The van der Waals surface area contributed by atoms with Gasteiger partial charge in [0.1, 0.15) is 5.69 Å². The lowest BCUT2D eigenvalue weighted by Crippen LogP contribution is -2.24. The number of benzene rings is 1. The van der Waals surface area contributed by atoms with Gasteiger partial charge in [-0.3, -0.25) is 4.79 Å². The first kappa shape index (κ1) is 15.3. The molecule has 1 aromatic carbocycles. The quantitative estimate of drug-likeness (QED) is 0.891. The van der Waals surface area contributed by atoms with E-state index in [9.17, 15) is 4.79 Å². The highest BCUT2D eigenvalue weighted by Gasteiger charge is 2.09. The molecule has 0 atom stereocenters. The minimum absolute atomic E-state index is 0.206. The summed E-state index contributed by atoms with van der Waals surface area (Å²) in [5, 5.41) is 6.55. The highest BCUT2D eigenvalue weighted by Crippen LogP contribution is 2.09. The molecule has 0 unspecified atom stereocenters. The van der Waals surface area contributed by atoms with Gasteiger partial charge in [-0.2, -0.15) is 0 Å². The number of aromatic nitrogens is 2. The molecular formula is C15H17ClN4O. The summed E-state index contributed by atoms with van der Waals surface area (Å²) in [5.41, 5.74) is 1.31. The first-order valence-corrected chi connectivity index (χ1v) is 7.04. The van der Waals surface area contributed by atoms with Crippen molar-refractivity contribution in [3.63, 3.8) is 0 Å². The second kappa shape index (κ2) is 7.04. The summed E-state index contributed by atoms with van der Waals surface area (Å²) in [7, 11) is 0. The lowest BCUT2D eigenvalue weighted by atomic mass is 10.2. The highest BCUT2D eigenvalue weighted by atomic mass is 35.5. The van der Waals surface area contributed by atoms with E-state index >= 15 is 0 Å². The lowest BCUT2D eigenvalue weighted by molar-refractivity contribution is 0.0946. The van der Waals surface area contributed by atoms with Crippen molar-refractivity contribution < 1.29 is 4.79 Å². The summed E-state index contributed by atoms with van der Waals surface area (Å²) in [4.78, 5) is 20.3. The molecule has 0 spiro atoms. The molecule has 6 heteroatoms. The van der Waals surface area contributed by atoms with Crippen LogP contribution >= 0.6 is 11.6 Å². The Morgan fingerprint density at radius 2 is 1.95 bits per heavy atom. The van der Waals surface area contributed by atoms with E-state index in [2.05, 4.69) is 20.6 Å². The van der Waals surface area contributed by atoms with Gasteiger partial charge in [0.15, 0.2) is 0 Å². The number of hydrogen-bond acceptors (Lipinski definition) is 4. The van der Waals surface area contributed by atoms with Crippen molar-refractivity contribution in [1.82, 2.24) is 15.3 Å². The first-order valence-electron chi connectivity index (χ1n) is 6.67. The summed E-state index contributed by atoms with van der Waals surface area (Å²) >= 11 is 5.82. The van der Waals surface area contributed by atoms with Gasteiger partial charge in [-0.1, -0.05) is 23.7 Å². The number of rotatable bonds is 5. The van der Waals surface area contributed by atoms with Crippen molar-refractivity contribution in [2.45, 2.75) is 26.4 Å². The zero-order valence-corrected chi connectivity index (χ0v) is 12.7. The van der Waals surface area contributed by atoms with E-state index in [4.69, 9.17) is 11.6 Å². The largest absolute Gasteiger partial charge is 0.352 e. The van der Waals surface area contributed by atoms with Crippen molar-refractivity contribution in [2.24, 2.45) is 0 Å². The third-order valence-electron chi connectivity index (χ3n) is 2.67. The van der Waals surface area contributed by atoms with Gasteiger partial charge < -0.3 is 10.6 Å². The molecule has 0 saturated carbocycles. The number of anilines is 1. The molecule has 2 N–H and O–H groups in total. The maximum absolute atomic E-state index is 12.1. The third-order valence-corrected chi connectivity index (χ3v) is 2.92. The molecule has 110 valence electrons. The van der Waals surface area contributed by atoms with Gasteiger partial charge in [-0.15, -0.1) is 0 Å². The zero-order chi connectivity index (χ0) is 15.2. The van der Waals surface area contributed by atoms with Crippen LogP contribution in [0.1, 0.15) is 29.9 Å². The molecule has 0 fully saturated rings. The van der Waals surface area contributed by atoms with Gasteiger partial charge in [0.2, 0.25) is 5.95 Å². The van der Waals surface area contributed by atoms with Gasteiger partial charge in [-0.25, -0.2) is 9.97 Å². The van der Waals surface area contributed by atoms with Gasteiger partial charge in [0.25, 0.3) is 5.91 Å². The van der Waals surface area contributed by atoms with Crippen LogP contribution in [-0.4, -0.2) is 21.9 Å². The Labute approximate surface area is 128 Å². The summed E-state index contributed by atoms with van der Waals surface area (Å²) in [6.07, 6.45) is 1.56. The molecule has 1 aromatic heterocycles. The topological polar surface area (TPSA) is 66.9 Å². The van der Waals surface area contributed by atoms with Crippen LogP contribution in [0.25, 0.3) is 0 Å². The second-order valence-corrected chi connectivity index (χ2v) is 5.31. The first-order chi connectivity index (χ1) is 10.0. The fourth-order valence-corrected chi connectivity index (χ4v) is 1.81. The average molecular weight is 305 g/mol. The number of carbonyl (C=O) groups is 1. The van der Waals surface area contributed by atoms with Crippen molar-refractivity contribution >= 4 is 23.5 Å². The van der Waals surface area contributed by atoms with Crippen LogP contribution in [0.2, 0.25) is 5.02 Å². The molecule has 21 heavy (non-hydrogen) atoms. The minimum Gasteiger partial charge on any atom is -0.352 e. The van der Waals surface area contributed by atoms with Crippen LogP contribution in [0.3, 0.4) is 0 Å². The standard InChI is InChI=1S/C15H17ClN4O/c1-10(2)19-15-17-8-7-13(20-15)14(21)18-9-11-3-5-12(16)6-4-11/h3-8,10H,9H2,1-2H3,(H,18,21)(H,17,19,20). The molecule has 1 heterocycles. The summed E-state index contributed by atoms with van der Waals surface area (Å²) in [6, 6.07) is 9.11. The number of halogens is 1. The van der Waals surface area contributed by atoms with E-state index in [0.717, 1.165) is 5.56 Å². The van der Waals surface area contributed by atoms with Crippen molar-refractivity contribution in [3.8, 4) is 0 Å². The summed E-state index contributed by atoms with van der Waals surface area (Å²) in [5.74, 6) is 0.211. The Hall–Kier alpha value is -2.14. The Bertz CT molecular complexity index is 613. The predicted molar refractivity (Wildman–Crippen MR) is 83.4 cm³/mol. The van der Waals surface area contributed by atoms with E-state index in [1.807, 2.05) is 26.0 Å². The molecular weight excluding hydrogens is 288 g/mol. The zero-order valence-electron chi connectivity index (χ0n) is 11.9. The normalized spacial score (nSPS) is 10.5. The molecule has 0 aliphatic rings. The Morgan fingerprint density at radius 3 is 2.62 bits per heavy atom. The number of hydrogen-bond donors (Lipinski definition) is 2. The van der Waals surface area contributed by atoms with Gasteiger partial charge in [-0.05, 0) is 37.6 Å². The lowest BCUT2D eigenvalue weighted by Gasteiger charge is -2.09. The fraction of sp³-hybridized carbons (Fsp3) is 0.267. The number of amides is 1. The van der Waals surface area contributed by atoms with Crippen molar-refractivity contribution in [2.75, 3.05) is 5.32 Å². The van der Waals surface area contributed by atoms with E-state index in [-0.39, 0.29) is 11.9 Å². The van der Waals surface area contributed by atoms with Gasteiger partial charge in [0, 0.05) is 23.8 Å². The molecule has 0 aliphatic carbocycles. The predicted octanol–water partition coefficient (Wildman–Crippen LogP) is 2.88. The number of carbonyl (C=O) groups excluding carboxylic acids is 1. The molecule has 2 rings (SSSR count). The highest BCUT2D eigenvalue weighted by molar-refractivity contribution is 6.30. The van der Waals surface area contributed by atoms with Crippen LogP contribution in [0.4, 0.5) is 5.95 Å². The van der Waals surface area contributed by atoms with E-state index in [1.165, 1.54) is 0 Å². The maximum Gasteiger partial charge on any atom is 0.270 e. The summed E-state index contributed by atoms with van der Waals surface area (Å²) < 4.78 is 0. The van der Waals surface area contributed by atoms with E-state index in [1.54, 1.807) is 24.4 Å². The second-order valence-electron chi connectivity index (χ2n) is 4.87. The molecule has 0 saturated heterocycles. The van der Waals surface area contributed by atoms with Crippen molar-refractivity contribution in [1.29, 1.82) is 0 Å². The van der Waals surface area contributed by atoms with Crippen molar-refractivity contribution in [3.05, 3.63) is 52.8 Å². The minimum atomic E-state index is -0.237. The molecule has 0 bridgehead atoms. The SMILES string of the molecule is CC(C)Nc1nccc(C(=O)NCc2ccc(Cl)cc2)n1. The Balaban J connectivity index is 1.98.